The summed E-state index contributed by atoms with van der Waals surface area (Å²) in [5.74, 6) is 2.14. The molecule has 0 aromatic heterocycles. The van der Waals surface area contributed by atoms with Crippen LogP contribution < -0.4 is 0 Å². The second-order valence-electron chi connectivity index (χ2n) is 9.40. The Hall–Kier alpha value is -0.710. The fourth-order valence-electron chi connectivity index (χ4n) is 7.21. The average Bonchev–Trinajstić information content (AvgIpc) is 2.92. The molecule has 2 N–H and O–H groups in total. The lowest BCUT2D eigenvalue weighted by molar-refractivity contribution is -0.142. The number of rotatable bonds is 3. The van der Waals surface area contributed by atoms with Crippen LogP contribution in [-0.4, -0.2) is 35.5 Å². The molecule has 4 aliphatic rings. The van der Waals surface area contributed by atoms with Crippen molar-refractivity contribution in [3.05, 3.63) is 11.6 Å². The monoisotopic (exact) mass is 348 g/mol. The molecule has 0 aliphatic heterocycles. The molecule has 25 heavy (non-hydrogen) atoms. The maximum absolute atomic E-state index is 12.0. The van der Waals surface area contributed by atoms with Crippen LogP contribution in [0.1, 0.15) is 58.8 Å². The van der Waals surface area contributed by atoms with Gasteiger partial charge < -0.3 is 14.9 Å². The van der Waals surface area contributed by atoms with Crippen LogP contribution in [0.25, 0.3) is 0 Å². The van der Waals surface area contributed by atoms with E-state index in [0.29, 0.717) is 24.2 Å². The van der Waals surface area contributed by atoms with E-state index in [2.05, 4.69) is 13.8 Å². The fourth-order valence-corrected chi connectivity index (χ4v) is 7.21. The summed E-state index contributed by atoms with van der Waals surface area (Å²) in [6.07, 6.45) is 8.97. The van der Waals surface area contributed by atoms with Gasteiger partial charge in [0.1, 0.15) is 6.79 Å². The smallest absolute Gasteiger partial charge is 0.155 e. The first-order valence-electron chi connectivity index (χ1n) is 10.0. The van der Waals surface area contributed by atoms with Crippen LogP contribution in [0.3, 0.4) is 0 Å². The zero-order chi connectivity index (χ0) is 17.8. The lowest BCUT2D eigenvalue weighted by atomic mass is 9.45. The Morgan fingerprint density at radius 2 is 1.96 bits per heavy atom. The molecule has 7 unspecified atom stereocenters. The highest BCUT2D eigenvalue weighted by Crippen LogP contribution is 2.66. The highest BCUT2D eigenvalue weighted by atomic mass is 16.6. The molecule has 0 bridgehead atoms. The van der Waals surface area contributed by atoms with Crippen LogP contribution in [-0.2, 0) is 9.53 Å². The molecule has 3 saturated carbocycles. The average molecular weight is 348 g/mol. The van der Waals surface area contributed by atoms with Gasteiger partial charge in [-0.25, -0.2) is 0 Å². The van der Waals surface area contributed by atoms with E-state index >= 15 is 0 Å². The summed E-state index contributed by atoms with van der Waals surface area (Å²) in [4.78, 5) is 12.0. The largest absolute Gasteiger partial charge is 0.396 e. The van der Waals surface area contributed by atoms with Crippen molar-refractivity contribution in [1.29, 1.82) is 0 Å². The normalized spacial score (nSPS) is 49.2. The maximum atomic E-state index is 12.0. The fraction of sp³-hybridized carbons (Fsp3) is 0.857. The lowest BCUT2D eigenvalue weighted by Crippen LogP contribution is -2.55. The van der Waals surface area contributed by atoms with Crippen LogP contribution >= 0.6 is 0 Å². The van der Waals surface area contributed by atoms with Gasteiger partial charge in [0.15, 0.2) is 5.78 Å². The molecular formula is C21H32O4. The van der Waals surface area contributed by atoms with Gasteiger partial charge >= 0.3 is 0 Å². The van der Waals surface area contributed by atoms with E-state index in [4.69, 9.17) is 4.74 Å². The summed E-state index contributed by atoms with van der Waals surface area (Å²) in [6, 6.07) is 0. The first-order chi connectivity index (χ1) is 11.9. The highest BCUT2D eigenvalue weighted by molar-refractivity contribution is 5.91. The third-order valence-corrected chi connectivity index (χ3v) is 8.56. The second kappa shape index (κ2) is 6.17. The van der Waals surface area contributed by atoms with Crippen molar-refractivity contribution in [1.82, 2.24) is 0 Å². The number of ether oxygens (including phenoxy) is 1. The Labute approximate surface area is 150 Å². The van der Waals surface area contributed by atoms with Crippen molar-refractivity contribution in [2.24, 2.45) is 34.5 Å². The quantitative estimate of drug-likeness (QED) is 0.769. The van der Waals surface area contributed by atoms with Gasteiger partial charge in [0, 0.05) is 13.0 Å². The van der Waals surface area contributed by atoms with Gasteiger partial charge in [-0.1, -0.05) is 19.4 Å². The summed E-state index contributed by atoms with van der Waals surface area (Å²) >= 11 is 0. The number of ketones is 1. The van der Waals surface area contributed by atoms with E-state index in [0.717, 1.165) is 38.5 Å². The Kier molecular flexibility index (Phi) is 4.37. The second-order valence-corrected chi connectivity index (χ2v) is 9.40. The molecule has 0 amide bonds. The van der Waals surface area contributed by atoms with E-state index in [1.807, 2.05) is 6.08 Å². The van der Waals surface area contributed by atoms with E-state index < -0.39 is 0 Å². The SMILES string of the molecule is CC12CCC(=O)C=C1CC(CO)C1C2CCC2(C)C(OCO)CCC12. The lowest BCUT2D eigenvalue weighted by Gasteiger charge is -2.60. The van der Waals surface area contributed by atoms with Crippen LogP contribution in [0, 0.1) is 34.5 Å². The Bertz CT molecular complexity index is 584. The van der Waals surface area contributed by atoms with Crippen LogP contribution in [0.4, 0.5) is 0 Å². The molecule has 0 radical (unpaired) electrons. The number of carbonyl (C=O) groups is 1. The van der Waals surface area contributed by atoms with Gasteiger partial charge in [0.25, 0.3) is 0 Å². The summed E-state index contributed by atoms with van der Waals surface area (Å²) in [6.45, 7) is 4.72. The standard InChI is InChI=1S/C21H32O4/c1-20-7-5-15(24)10-14(20)9-13(11-22)19-16-3-4-18(25-12-23)21(16,2)8-6-17(19)20/h10,13,16-19,22-23H,3-9,11-12H2,1-2H3. The zero-order valence-corrected chi connectivity index (χ0v) is 15.5. The molecule has 140 valence electrons. The van der Waals surface area contributed by atoms with Gasteiger partial charge in [-0.15, -0.1) is 0 Å². The summed E-state index contributed by atoms with van der Waals surface area (Å²) in [5.41, 5.74) is 1.54. The van der Waals surface area contributed by atoms with Gasteiger partial charge in [-0.2, -0.15) is 0 Å². The van der Waals surface area contributed by atoms with Crippen molar-refractivity contribution in [3.63, 3.8) is 0 Å². The van der Waals surface area contributed by atoms with Gasteiger partial charge in [0.05, 0.1) is 6.10 Å². The molecule has 7 atom stereocenters. The number of allylic oxidation sites excluding steroid dienone is 1. The van der Waals surface area contributed by atoms with Crippen molar-refractivity contribution >= 4 is 5.78 Å². The summed E-state index contributed by atoms with van der Waals surface area (Å²) < 4.78 is 5.71. The van der Waals surface area contributed by atoms with Crippen molar-refractivity contribution < 1.29 is 19.7 Å². The predicted octanol–water partition coefficient (Wildman–Crippen LogP) is 3.07. The minimum absolute atomic E-state index is 0.110. The third kappa shape index (κ3) is 2.48. The van der Waals surface area contributed by atoms with Gasteiger partial charge in [-0.3, -0.25) is 4.79 Å². The van der Waals surface area contributed by atoms with Crippen molar-refractivity contribution in [2.45, 2.75) is 64.9 Å². The van der Waals surface area contributed by atoms with Crippen LogP contribution in [0.5, 0.6) is 0 Å². The molecule has 3 fully saturated rings. The van der Waals surface area contributed by atoms with Gasteiger partial charge in [0.2, 0.25) is 0 Å². The van der Waals surface area contributed by atoms with E-state index in [1.54, 1.807) is 0 Å². The molecule has 4 heteroatoms. The summed E-state index contributed by atoms with van der Waals surface area (Å²) in [5, 5.41) is 19.4. The van der Waals surface area contributed by atoms with E-state index in [9.17, 15) is 15.0 Å². The molecular weight excluding hydrogens is 316 g/mol. The van der Waals surface area contributed by atoms with Crippen LogP contribution in [0.15, 0.2) is 11.6 Å². The zero-order valence-electron chi connectivity index (χ0n) is 15.5. The van der Waals surface area contributed by atoms with E-state index in [1.165, 1.54) is 5.57 Å². The topological polar surface area (TPSA) is 66.8 Å². The molecule has 0 aromatic carbocycles. The molecule has 0 aromatic rings. The van der Waals surface area contributed by atoms with Crippen molar-refractivity contribution in [3.8, 4) is 0 Å². The molecule has 4 rings (SSSR count). The molecule has 0 spiro atoms. The number of carbonyl (C=O) groups excluding carboxylic acids is 1. The number of aliphatic hydroxyl groups is 2. The number of hydrogen-bond donors (Lipinski definition) is 2. The van der Waals surface area contributed by atoms with Crippen molar-refractivity contribution in [2.75, 3.05) is 13.4 Å². The van der Waals surface area contributed by atoms with E-state index in [-0.39, 0.29) is 42.0 Å². The highest BCUT2D eigenvalue weighted by Gasteiger charge is 2.61. The molecule has 4 aliphatic carbocycles. The minimum Gasteiger partial charge on any atom is -0.396 e. The Morgan fingerprint density at radius 1 is 1.16 bits per heavy atom. The van der Waals surface area contributed by atoms with Crippen LogP contribution in [0.2, 0.25) is 0 Å². The number of fused-ring (bicyclic) bond motifs is 5. The minimum atomic E-state index is -0.197. The predicted molar refractivity (Wildman–Crippen MR) is 94.6 cm³/mol. The molecule has 0 saturated heterocycles. The first-order valence-corrected chi connectivity index (χ1v) is 10.0. The molecule has 4 nitrogen and oxygen atoms in total. The third-order valence-electron chi connectivity index (χ3n) is 8.56. The number of hydrogen-bond acceptors (Lipinski definition) is 4. The maximum Gasteiger partial charge on any atom is 0.155 e. The Balaban J connectivity index is 1.70. The summed E-state index contributed by atoms with van der Waals surface area (Å²) in [7, 11) is 0. The van der Waals surface area contributed by atoms with Gasteiger partial charge in [-0.05, 0) is 79.1 Å². The number of aliphatic hydroxyl groups excluding tert-OH is 2. The first kappa shape index (κ1) is 17.7. The molecule has 0 heterocycles. The Morgan fingerprint density at radius 3 is 2.68 bits per heavy atom.